The van der Waals surface area contributed by atoms with E-state index < -0.39 is 5.60 Å². The van der Waals surface area contributed by atoms with Gasteiger partial charge in [0.15, 0.2) is 0 Å². The molecule has 0 aliphatic heterocycles. The van der Waals surface area contributed by atoms with Gasteiger partial charge < -0.3 is 16.2 Å². The van der Waals surface area contributed by atoms with Crippen LogP contribution in [0.3, 0.4) is 0 Å². The van der Waals surface area contributed by atoms with E-state index in [0.29, 0.717) is 22.4 Å². The molecular formula is C14H20BrFN2O. The number of nitrogens with two attached hydrogens (primary N) is 1. The maximum absolute atomic E-state index is 13.3. The number of nitrogens with one attached hydrogen (secondary N) is 1. The molecule has 2 rings (SSSR count). The molecule has 5 heteroatoms. The lowest BCUT2D eigenvalue weighted by Gasteiger charge is -2.27. The molecule has 0 aromatic heterocycles. The third-order valence-corrected chi connectivity index (χ3v) is 4.34. The lowest BCUT2D eigenvalue weighted by molar-refractivity contribution is 0.0381. The molecule has 1 aromatic rings. The van der Waals surface area contributed by atoms with Gasteiger partial charge in [0.1, 0.15) is 5.82 Å². The second kappa shape index (κ2) is 6.09. The van der Waals surface area contributed by atoms with Crippen molar-refractivity contribution in [1.82, 2.24) is 0 Å². The van der Waals surface area contributed by atoms with Gasteiger partial charge in [-0.05, 0) is 34.8 Å². The quantitative estimate of drug-likeness (QED) is 0.585. The summed E-state index contributed by atoms with van der Waals surface area (Å²) in [7, 11) is 0. The van der Waals surface area contributed by atoms with E-state index in [0.717, 1.165) is 25.7 Å². The Morgan fingerprint density at radius 1 is 1.26 bits per heavy atom. The second-order valence-corrected chi connectivity index (χ2v) is 6.20. The van der Waals surface area contributed by atoms with E-state index in [1.54, 1.807) is 6.07 Å². The zero-order valence-corrected chi connectivity index (χ0v) is 12.5. The molecule has 0 bridgehead atoms. The molecule has 1 aliphatic rings. The highest BCUT2D eigenvalue weighted by molar-refractivity contribution is 9.10. The van der Waals surface area contributed by atoms with Crippen LogP contribution in [0.5, 0.6) is 0 Å². The summed E-state index contributed by atoms with van der Waals surface area (Å²) in [5.41, 5.74) is 6.12. The van der Waals surface area contributed by atoms with Crippen molar-refractivity contribution in [2.24, 2.45) is 0 Å². The molecule has 1 fully saturated rings. The normalized spacial score (nSPS) is 18.9. The van der Waals surface area contributed by atoms with Gasteiger partial charge in [0.2, 0.25) is 0 Å². The number of benzene rings is 1. The van der Waals surface area contributed by atoms with Gasteiger partial charge in [0.05, 0.1) is 21.4 Å². The van der Waals surface area contributed by atoms with Gasteiger partial charge in [-0.3, -0.25) is 0 Å². The first-order valence-electron chi connectivity index (χ1n) is 6.71. The smallest absolute Gasteiger partial charge is 0.139 e. The van der Waals surface area contributed by atoms with Crippen molar-refractivity contribution in [3.8, 4) is 0 Å². The molecule has 0 spiro atoms. The Bertz CT molecular complexity index is 445. The minimum Gasteiger partial charge on any atom is -0.397 e. The molecule has 0 amide bonds. The number of hydrogen-bond acceptors (Lipinski definition) is 3. The minimum atomic E-state index is -0.677. The van der Waals surface area contributed by atoms with E-state index in [1.165, 1.54) is 18.9 Å². The summed E-state index contributed by atoms with van der Waals surface area (Å²) in [4.78, 5) is 0. The van der Waals surface area contributed by atoms with E-state index in [2.05, 4.69) is 21.2 Å². The molecular weight excluding hydrogens is 311 g/mol. The van der Waals surface area contributed by atoms with Crippen molar-refractivity contribution in [2.75, 3.05) is 17.6 Å². The van der Waals surface area contributed by atoms with Gasteiger partial charge in [0.25, 0.3) is 0 Å². The average molecular weight is 331 g/mol. The van der Waals surface area contributed by atoms with Crippen LogP contribution in [0.1, 0.15) is 38.5 Å². The summed E-state index contributed by atoms with van der Waals surface area (Å²) in [5, 5.41) is 13.7. The number of hydrogen-bond donors (Lipinski definition) is 3. The van der Waals surface area contributed by atoms with Crippen molar-refractivity contribution in [3.63, 3.8) is 0 Å². The van der Waals surface area contributed by atoms with Crippen molar-refractivity contribution in [2.45, 2.75) is 44.1 Å². The van der Waals surface area contributed by atoms with E-state index in [9.17, 15) is 9.50 Å². The molecule has 0 atom stereocenters. The fraction of sp³-hybridized carbons (Fsp3) is 0.571. The van der Waals surface area contributed by atoms with E-state index in [-0.39, 0.29) is 5.82 Å². The fourth-order valence-corrected chi connectivity index (χ4v) is 2.88. The average Bonchev–Trinajstić information content (AvgIpc) is 2.58. The van der Waals surface area contributed by atoms with Crippen LogP contribution < -0.4 is 11.1 Å². The topological polar surface area (TPSA) is 58.3 Å². The van der Waals surface area contributed by atoms with Crippen LogP contribution in [0, 0.1) is 5.82 Å². The van der Waals surface area contributed by atoms with Gasteiger partial charge >= 0.3 is 0 Å². The molecule has 106 valence electrons. The van der Waals surface area contributed by atoms with E-state index >= 15 is 0 Å². The predicted octanol–water partition coefficient (Wildman–Crippen LogP) is 3.67. The number of halogens is 2. The molecule has 0 radical (unpaired) electrons. The van der Waals surface area contributed by atoms with Crippen LogP contribution in [0.25, 0.3) is 0 Å². The molecule has 1 saturated carbocycles. The zero-order valence-electron chi connectivity index (χ0n) is 10.9. The summed E-state index contributed by atoms with van der Waals surface area (Å²) in [6.45, 7) is 0.454. The third-order valence-electron chi connectivity index (χ3n) is 3.73. The zero-order chi connectivity index (χ0) is 13.9. The first-order valence-corrected chi connectivity index (χ1v) is 7.50. The molecule has 0 heterocycles. The summed E-state index contributed by atoms with van der Waals surface area (Å²) < 4.78 is 13.7. The monoisotopic (exact) mass is 330 g/mol. The number of rotatable bonds is 3. The Kier molecular flexibility index (Phi) is 4.68. The van der Waals surface area contributed by atoms with Crippen molar-refractivity contribution >= 4 is 27.3 Å². The fourth-order valence-electron chi connectivity index (χ4n) is 2.54. The largest absolute Gasteiger partial charge is 0.397 e. The van der Waals surface area contributed by atoms with E-state index in [4.69, 9.17) is 5.73 Å². The summed E-state index contributed by atoms with van der Waals surface area (Å²) in [6, 6.07) is 2.90. The Balaban J connectivity index is 2.03. The molecule has 1 aliphatic carbocycles. The van der Waals surface area contributed by atoms with Crippen LogP contribution in [-0.2, 0) is 0 Å². The van der Waals surface area contributed by atoms with Crippen LogP contribution in [-0.4, -0.2) is 17.3 Å². The molecule has 4 N–H and O–H groups in total. The van der Waals surface area contributed by atoms with Gasteiger partial charge in [0, 0.05) is 12.6 Å². The van der Waals surface area contributed by atoms with Gasteiger partial charge in [-0.1, -0.05) is 25.7 Å². The molecule has 0 unspecified atom stereocenters. The minimum absolute atomic E-state index is 0.359. The third kappa shape index (κ3) is 3.83. The number of aliphatic hydroxyl groups is 1. The maximum Gasteiger partial charge on any atom is 0.139 e. The van der Waals surface area contributed by atoms with Crippen LogP contribution in [0.2, 0.25) is 0 Å². The Morgan fingerprint density at radius 3 is 2.53 bits per heavy atom. The SMILES string of the molecule is Nc1cc(F)c(Br)cc1NCC1(O)CCCCCC1. The summed E-state index contributed by atoms with van der Waals surface area (Å²) in [6.07, 6.45) is 6.10. The molecule has 0 saturated heterocycles. The van der Waals surface area contributed by atoms with Crippen LogP contribution in [0.4, 0.5) is 15.8 Å². The highest BCUT2D eigenvalue weighted by atomic mass is 79.9. The number of anilines is 2. The van der Waals surface area contributed by atoms with Crippen LogP contribution >= 0.6 is 15.9 Å². The van der Waals surface area contributed by atoms with Crippen molar-refractivity contribution in [3.05, 3.63) is 22.4 Å². The van der Waals surface area contributed by atoms with Gasteiger partial charge in [-0.25, -0.2) is 4.39 Å². The highest BCUT2D eigenvalue weighted by Crippen LogP contribution is 2.30. The summed E-state index contributed by atoms with van der Waals surface area (Å²) >= 11 is 3.14. The lowest BCUT2D eigenvalue weighted by atomic mass is 9.94. The Labute approximate surface area is 121 Å². The highest BCUT2D eigenvalue weighted by Gasteiger charge is 2.27. The molecule has 3 nitrogen and oxygen atoms in total. The van der Waals surface area contributed by atoms with Crippen molar-refractivity contribution < 1.29 is 9.50 Å². The molecule has 19 heavy (non-hydrogen) atoms. The van der Waals surface area contributed by atoms with Crippen LogP contribution in [0.15, 0.2) is 16.6 Å². The second-order valence-electron chi connectivity index (χ2n) is 5.35. The Hall–Kier alpha value is -0.810. The first kappa shape index (κ1) is 14.6. The molecule has 1 aromatic carbocycles. The van der Waals surface area contributed by atoms with Gasteiger partial charge in [-0.2, -0.15) is 0 Å². The van der Waals surface area contributed by atoms with Crippen molar-refractivity contribution in [1.29, 1.82) is 0 Å². The maximum atomic E-state index is 13.3. The standard InChI is InChI=1S/C14H20BrFN2O/c15-10-7-13(12(17)8-11(10)16)18-9-14(19)5-3-1-2-4-6-14/h7-8,18-19H,1-6,9,17H2. The first-order chi connectivity index (χ1) is 9.00. The summed E-state index contributed by atoms with van der Waals surface area (Å²) in [5.74, 6) is -0.378. The predicted molar refractivity (Wildman–Crippen MR) is 79.7 cm³/mol. The Morgan fingerprint density at radius 2 is 1.89 bits per heavy atom. The van der Waals surface area contributed by atoms with E-state index in [1.807, 2.05) is 0 Å². The lowest BCUT2D eigenvalue weighted by Crippen LogP contribution is -2.36. The number of nitrogen functional groups attached to an aromatic ring is 1. The van der Waals surface area contributed by atoms with Gasteiger partial charge in [-0.15, -0.1) is 0 Å².